The molecule has 0 radical (unpaired) electrons. The van der Waals surface area contributed by atoms with Crippen LogP contribution in [-0.4, -0.2) is 78.5 Å². The molecule has 0 aliphatic carbocycles. The summed E-state index contributed by atoms with van der Waals surface area (Å²) < 4.78 is 11.0. The van der Waals surface area contributed by atoms with E-state index >= 15 is 0 Å². The summed E-state index contributed by atoms with van der Waals surface area (Å²) in [6.07, 6.45) is 4.92. The van der Waals surface area contributed by atoms with E-state index in [0.29, 0.717) is 49.0 Å². The fourth-order valence-electron chi connectivity index (χ4n) is 3.75. The van der Waals surface area contributed by atoms with Crippen molar-refractivity contribution in [2.75, 3.05) is 48.9 Å². The average Bonchev–Trinajstić information content (AvgIpc) is 2.92. The van der Waals surface area contributed by atoms with Gasteiger partial charge in [0.1, 0.15) is 11.5 Å². The number of morpholine rings is 1. The maximum Gasteiger partial charge on any atom is 0.348 e. The third-order valence-electron chi connectivity index (χ3n) is 5.69. The van der Waals surface area contributed by atoms with E-state index in [0.717, 1.165) is 5.69 Å². The van der Waals surface area contributed by atoms with Crippen molar-refractivity contribution < 1.29 is 24.2 Å². The number of amides is 1. The van der Waals surface area contributed by atoms with Crippen molar-refractivity contribution in [3.63, 3.8) is 0 Å². The van der Waals surface area contributed by atoms with Gasteiger partial charge in [0, 0.05) is 31.3 Å². The zero-order chi connectivity index (χ0) is 26.2. The van der Waals surface area contributed by atoms with E-state index in [2.05, 4.69) is 30.1 Å². The van der Waals surface area contributed by atoms with E-state index in [1.54, 1.807) is 36.7 Å². The summed E-state index contributed by atoms with van der Waals surface area (Å²) in [7, 11) is 1.43. The molecule has 1 aliphatic heterocycles. The van der Waals surface area contributed by atoms with Gasteiger partial charge in [-0.25, -0.2) is 14.8 Å². The van der Waals surface area contributed by atoms with Gasteiger partial charge in [-0.2, -0.15) is 0 Å². The largest absolute Gasteiger partial charge is 0.493 e. The number of aliphatic carboxylic acids is 1. The molecule has 13 heteroatoms. The second kappa shape index (κ2) is 11.9. The highest BCUT2D eigenvalue weighted by Crippen LogP contribution is 2.27. The molecule has 12 nitrogen and oxygen atoms in total. The Morgan fingerprint density at radius 2 is 1.95 bits per heavy atom. The number of hydrogen-bond donors (Lipinski definition) is 3. The Bertz CT molecular complexity index is 1300. The molecular weight excluding hydrogens is 477 g/mol. The number of anilines is 3. The van der Waals surface area contributed by atoms with E-state index in [-0.39, 0.29) is 30.3 Å². The molecule has 1 aromatic carbocycles. The summed E-state index contributed by atoms with van der Waals surface area (Å²) in [6, 6.07) is 8.82. The number of carbonyl (C=O) groups excluding carboxylic acids is 1. The summed E-state index contributed by atoms with van der Waals surface area (Å²) >= 11 is 0. The molecule has 3 heterocycles. The highest BCUT2D eigenvalue weighted by atomic mass is 16.5. The first-order valence-corrected chi connectivity index (χ1v) is 11.6. The van der Waals surface area contributed by atoms with Crippen LogP contribution in [0.25, 0.3) is 11.3 Å². The number of hydrogen-bond acceptors (Lipinski definition) is 10. The minimum atomic E-state index is -1.07. The molecule has 3 aromatic rings. The lowest BCUT2D eigenvalue weighted by molar-refractivity contribution is -0.129. The van der Waals surface area contributed by atoms with Gasteiger partial charge in [-0.15, -0.1) is 0 Å². The van der Waals surface area contributed by atoms with Crippen molar-refractivity contribution >= 4 is 42.8 Å². The van der Waals surface area contributed by atoms with Crippen LogP contribution in [0.5, 0.6) is 5.75 Å². The number of benzene rings is 1. The van der Waals surface area contributed by atoms with E-state index < -0.39 is 11.9 Å². The minimum Gasteiger partial charge on any atom is -0.493 e. The fourth-order valence-corrected chi connectivity index (χ4v) is 3.75. The minimum absolute atomic E-state index is 0.00448. The maximum absolute atomic E-state index is 13.1. The molecule has 1 aliphatic rings. The van der Waals surface area contributed by atoms with Gasteiger partial charge in [0.15, 0.2) is 11.5 Å². The number of carboxylic acids is 1. The average molecular weight is 503 g/mol. The molecule has 0 unspecified atom stereocenters. The van der Waals surface area contributed by atoms with Crippen LogP contribution in [0.3, 0.4) is 0 Å². The van der Waals surface area contributed by atoms with Crippen molar-refractivity contribution in [1.29, 1.82) is 0 Å². The third-order valence-corrected chi connectivity index (χ3v) is 5.69. The number of rotatable bonds is 9. The van der Waals surface area contributed by atoms with E-state index in [1.807, 2.05) is 6.07 Å². The van der Waals surface area contributed by atoms with Gasteiger partial charge in [-0.3, -0.25) is 9.78 Å². The third kappa shape index (κ3) is 6.38. The first kappa shape index (κ1) is 25.6. The lowest BCUT2D eigenvalue weighted by Gasteiger charge is -2.30. The quantitative estimate of drug-likeness (QED) is 0.284. The van der Waals surface area contributed by atoms with Gasteiger partial charge in [-0.05, 0) is 30.3 Å². The molecule has 37 heavy (non-hydrogen) atoms. The van der Waals surface area contributed by atoms with E-state index in [1.165, 1.54) is 14.2 Å². The standard InChI is InChI=1S/C24H26BN7O5/c25-31-17(24(34)35)6-10-37-16-3-1-15(2-4-16)18-14-28-22(26)21(29-18)23(33)30-19-13-27-7-5-20(19)32-8-11-36-12-9-32/h1-5,7,13-14H,6,8-12,25H2,(H2,26,28)(H,30,33)(H,34,35)/b31-17-. The van der Waals surface area contributed by atoms with Crippen LogP contribution in [0.15, 0.2) is 53.8 Å². The Labute approximate surface area is 214 Å². The summed E-state index contributed by atoms with van der Waals surface area (Å²) in [4.78, 5) is 42.7. The van der Waals surface area contributed by atoms with E-state index in [9.17, 15) is 9.59 Å². The molecule has 0 spiro atoms. The molecule has 4 N–H and O–H groups in total. The number of aromatic nitrogens is 3. The normalized spacial score (nSPS) is 13.7. The molecule has 1 amide bonds. The van der Waals surface area contributed by atoms with Crippen molar-refractivity contribution in [2.45, 2.75) is 6.42 Å². The topological polar surface area (TPSA) is 165 Å². The molecule has 2 aromatic heterocycles. The number of nitrogen functional groups attached to an aromatic ring is 1. The number of carboxylic acid groups (broad SMARTS) is 1. The lowest BCUT2D eigenvalue weighted by Crippen LogP contribution is -2.36. The molecule has 0 bridgehead atoms. The number of nitrogens with two attached hydrogens (primary N) is 1. The molecular formula is C24H26BN7O5. The van der Waals surface area contributed by atoms with Crippen LogP contribution in [0.1, 0.15) is 16.9 Å². The molecule has 190 valence electrons. The van der Waals surface area contributed by atoms with Gasteiger partial charge in [0.25, 0.3) is 5.91 Å². The number of nitrogens with zero attached hydrogens (tertiary/aromatic N) is 5. The Morgan fingerprint density at radius 3 is 2.65 bits per heavy atom. The Balaban J connectivity index is 1.46. The highest BCUT2D eigenvalue weighted by Gasteiger charge is 2.20. The van der Waals surface area contributed by atoms with Gasteiger partial charge < -0.3 is 35.4 Å². The van der Waals surface area contributed by atoms with Gasteiger partial charge in [0.05, 0.1) is 49.3 Å². The number of ether oxygens (including phenoxy) is 2. The zero-order valence-electron chi connectivity index (χ0n) is 20.3. The van der Waals surface area contributed by atoms with Crippen molar-refractivity contribution in [1.82, 2.24) is 15.0 Å². The molecule has 1 fully saturated rings. The predicted molar refractivity (Wildman–Crippen MR) is 141 cm³/mol. The number of carbonyl (C=O) groups is 2. The van der Waals surface area contributed by atoms with Crippen LogP contribution >= 0.6 is 0 Å². The van der Waals surface area contributed by atoms with Crippen molar-refractivity contribution in [3.8, 4) is 17.0 Å². The summed E-state index contributed by atoms with van der Waals surface area (Å²) in [5.74, 6) is -1.01. The summed E-state index contributed by atoms with van der Waals surface area (Å²) in [5, 5.41) is 11.9. The van der Waals surface area contributed by atoms with Crippen LogP contribution < -0.4 is 20.7 Å². The Morgan fingerprint density at radius 1 is 1.19 bits per heavy atom. The first-order valence-electron chi connectivity index (χ1n) is 11.6. The van der Waals surface area contributed by atoms with Gasteiger partial charge in [0.2, 0.25) is 7.98 Å². The van der Waals surface area contributed by atoms with E-state index in [4.69, 9.17) is 20.3 Å². The molecule has 0 saturated carbocycles. The summed E-state index contributed by atoms with van der Waals surface area (Å²) in [5.41, 5.74) is 8.57. The predicted octanol–water partition coefficient (Wildman–Crippen LogP) is 1.05. The SMILES string of the molecule is B/N=C(/CCOc1ccc(-c2cnc(N)c(C(=O)Nc3cnccc3N3CCOCC3)n2)cc1)C(=O)O. The summed E-state index contributed by atoms with van der Waals surface area (Å²) in [6.45, 7) is 2.80. The maximum atomic E-state index is 13.1. The number of nitrogens with one attached hydrogen (secondary N) is 1. The van der Waals surface area contributed by atoms with Crippen LogP contribution in [0.2, 0.25) is 0 Å². The first-order chi connectivity index (χ1) is 18.0. The lowest BCUT2D eigenvalue weighted by atomic mass is 10.1. The highest BCUT2D eigenvalue weighted by molar-refractivity contribution is 6.39. The zero-order valence-corrected chi connectivity index (χ0v) is 20.3. The van der Waals surface area contributed by atoms with Crippen molar-refractivity contribution in [3.05, 3.63) is 54.6 Å². The molecule has 1 saturated heterocycles. The van der Waals surface area contributed by atoms with Gasteiger partial charge >= 0.3 is 5.97 Å². The smallest absolute Gasteiger partial charge is 0.348 e. The van der Waals surface area contributed by atoms with Crippen LogP contribution in [0.4, 0.5) is 17.2 Å². The molecule has 0 atom stereocenters. The Hall–Kier alpha value is -4.52. The Kier molecular flexibility index (Phi) is 8.26. The second-order valence-electron chi connectivity index (χ2n) is 8.03. The van der Waals surface area contributed by atoms with Crippen LogP contribution in [-0.2, 0) is 9.53 Å². The fraction of sp³-hybridized carbons (Fsp3) is 0.250. The molecule has 4 rings (SSSR count). The number of pyridine rings is 1. The second-order valence-corrected chi connectivity index (χ2v) is 8.03. The van der Waals surface area contributed by atoms with Gasteiger partial charge in [-0.1, -0.05) is 0 Å². The monoisotopic (exact) mass is 503 g/mol. The van der Waals surface area contributed by atoms with Crippen LogP contribution in [0, 0.1) is 0 Å². The van der Waals surface area contributed by atoms with Crippen molar-refractivity contribution in [2.24, 2.45) is 4.90 Å².